The molecule has 3 rings (SSSR count). The third-order valence-corrected chi connectivity index (χ3v) is 7.84. The molecule has 0 radical (unpaired) electrons. The summed E-state index contributed by atoms with van der Waals surface area (Å²) in [7, 11) is -0.903. The minimum atomic E-state index is -0.903. The molecule has 0 bridgehead atoms. The van der Waals surface area contributed by atoms with E-state index in [0.29, 0.717) is 10.8 Å². The average molecular weight is 355 g/mol. The molecule has 0 N–H and O–H groups in total. The molecule has 2 aromatic rings. The molecule has 1 heterocycles. The molecule has 0 aliphatic carbocycles. The van der Waals surface area contributed by atoms with Crippen molar-refractivity contribution in [3.63, 3.8) is 0 Å². The third-order valence-electron chi connectivity index (χ3n) is 4.95. The molecule has 0 atom stereocenters. The maximum Gasteiger partial charge on any atom is 0.00181 e. The maximum absolute atomic E-state index is 2.50. The summed E-state index contributed by atoms with van der Waals surface area (Å²) in [6, 6.07) is 14.5. The van der Waals surface area contributed by atoms with Gasteiger partial charge in [0.05, 0.1) is 0 Å². The Morgan fingerprint density at radius 2 is 1.16 bits per heavy atom. The Labute approximate surface area is 156 Å². The largest absolute Gasteiger partial charge is 0.192 e. The molecule has 0 unspecified atom stereocenters. The van der Waals surface area contributed by atoms with E-state index < -0.39 is 10.0 Å². The van der Waals surface area contributed by atoms with E-state index in [9.17, 15) is 0 Å². The highest BCUT2D eigenvalue weighted by molar-refractivity contribution is 8.33. The van der Waals surface area contributed by atoms with Crippen molar-refractivity contribution in [3.05, 3.63) is 47.5 Å². The Hall–Kier alpha value is -1.21. The van der Waals surface area contributed by atoms with E-state index in [1.54, 1.807) is 9.79 Å². The zero-order chi connectivity index (χ0) is 18.6. The second kappa shape index (κ2) is 5.91. The van der Waals surface area contributed by atoms with Crippen molar-refractivity contribution in [3.8, 4) is 11.1 Å². The van der Waals surface area contributed by atoms with Crippen LogP contribution >= 0.6 is 10.0 Å². The fraction of sp³-hybridized carbons (Fsp3) is 0.500. The topological polar surface area (TPSA) is 0 Å². The van der Waals surface area contributed by atoms with Crippen molar-refractivity contribution in [2.24, 2.45) is 10.8 Å². The first kappa shape index (κ1) is 18.6. The second-order valence-corrected chi connectivity index (χ2v) is 14.0. The lowest BCUT2D eigenvalue weighted by molar-refractivity contribution is 0.411. The summed E-state index contributed by atoms with van der Waals surface area (Å²) in [5.41, 5.74) is 6.57. The van der Waals surface area contributed by atoms with Crippen LogP contribution in [-0.2, 0) is 12.8 Å². The predicted molar refractivity (Wildman–Crippen MR) is 114 cm³/mol. The summed E-state index contributed by atoms with van der Waals surface area (Å²) in [5, 5.41) is 0. The highest BCUT2D eigenvalue weighted by Crippen LogP contribution is 2.67. The van der Waals surface area contributed by atoms with Crippen LogP contribution < -0.4 is 0 Å². The van der Waals surface area contributed by atoms with Crippen molar-refractivity contribution >= 4 is 10.0 Å². The van der Waals surface area contributed by atoms with E-state index >= 15 is 0 Å². The monoisotopic (exact) mass is 354 g/mol. The molecule has 2 aromatic carbocycles. The molecule has 1 aliphatic rings. The van der Waals surface area contributed by atoms with Gasteiger partial charge in [0.1, 0.15) is 0 Å². The number of fused-ring (bicyclic) bond motifs is 3. The van der Waals surface area contributed by atoms with Gasteiger partial charge >= 0.3 is 0 Å². The third kappa shape index (κ3) is 3.82. The first-order chi connectivity index (χ1) is 11.4. The Bertz CT molecular complexity index is 798. The molecule has 1 aliphatic heterocycles. The van der Waals surface area contributed by atoms with Crippen LogP contribution in [0.1, 0.15) is 52.7 Å². The van der Waals surface area contributed by atoms with Crippen LogP contribution in [0.3, 0.4) is 0 Å². The van der Waals surface area contributed by atoms with Gasteiger partial charge in [0.15, 0.2) is 0 Å². The SMILES string of the molecule is CC(C)(C)Cc1ccc2c(c1)-c1ccc(CC(C)(C)C)cc1S2(C)C. The van der Waals surface area contributed by atoms with Crippen LogP contribution in [0, 0.1) is 10.8 Å². The number of hydrogen-bond acceptors (Lipinski definition) is 0. The molecule has 0 saturated carbocycles. The van der Waals surface area contributed by atoms with Gasteiger partial charge in [-0.2, -0.15) is 10.0 Å². The smallest absolute Gasteiger partial charge is 0.00181 e. The molecule has 136 valence electrons. The Morgan fingerprint density at radius 1 is 0.640 bits per heavy atom. The standard InChI is InChI=1S/C24H34S/c1-23(2,3)15-17-10-12-21-20(13-17)19-11-9-18(16-24(4,5)6)14-22(19)25(21,7)8/h9-14H,15-16H2,1-8H3. The van der Waals surface area contributed by atoms with Crippen LogP contribution in [0.15, 0.2) is 46.2 Å². The molecular formula is C24H34S. The predicted octanol–water partition coefficient (Wildman–Crippen LogP) is 7.33. The molecule has 0 aromatic heterocycles. The zero-order valence-corrected chi connectivity index (χ0v) is 18.1. The first-order valence-electron chi connectivity index (χ1n) is 9.37. The lowest BCUT2D eigenvalue weighted by atomic mass is 9.86. The van der Waals surface area contributed by atoms with Gasteiger partial charge in [0.25, 0.3) is 0 Å². The van der Waals surface area contributed by atoms with E-state index in [1.165, 1.54) is 22.3 Å². The molecule has 0 spiro atoms. The first-order valence-corrected chi connectivity index (χ1v) is 11.8. The quantitative estimate of drug-likeness (QED) is 0.529. The molecule has 25 heavy (non-hydrogen) atoms. The number of benzene rings is 2. The Balaban J connectivity index is 2.06. The average Bonchev–Trinajstić information content (AvgIpc) is 2.63. The van der Waals surface area contributed by atoms with Gasteiger partial charge in [-0.3, -0.25) is 0 Å². The maximum atomic E-state index is 2.50. The molecule has 0 fully saturated rings. The van der Waals surface area contributed by atoms with Gasteiger partial charge in [0, 0.05) is 9.79 Å². The van der Waals surface area contributed by atoms with E-state index in [2.05, 4.69) is 90.5 Å². The van der Waals surface area contributed by atoms with E-state index in [-0.39, 0.29) is 0 Å². The molecule has 1 heteroatoms. The molecule has 0 nitrogen and oxygen atoms in total. The molecule has 0 amide bonds. The van der Waals surface area contributed by atoms with Crippen molar-refractivity contribution in [1.82, 2.24) is 0 Å². The summed E-state index contributed by atoms with van der Waals surface area (Å²) in [6.07, 6.45) is 7.19. The second-order valence-electron chi connectivity index (χ2n) is 10.5. The summed E-state index contributed by atoms with van der Waals surface area (Å²) >= 11 is 0. The van der Waals surface area contributed by atoms with Crippen LogP contribution in [0.25, 0.3) is 11.1 Å². The molecular weight excluding hydrogens is 320 g/mol. The van der Waals surface area contributed by atoms with Gasteiger partial charge in [-0.05, 0) is 70.6 Å². The fourth-order valence-electron chi connectivity index (χ4n) is 4.01. The van der Waals surface area contributed by atoms with Crippen LogP contribution in [-0.4, -0.2) is 12.5 Å². The lowest BCUT2D eigenvalue weighted by Gasteiger charge is -2.29. The van der Waals surface area contributed by atoms with Crippen LogP contribution in [0.5, 0.6) is 0 Å². The van der Waals surface area contributed by atoms with Crippen LogP contribution in [0.4, 0.5) is 0 Å². The highest BCUT2D eigenvalue weighted by atomic mass is 32.3. The highest BCUT2D eigenvalue weighted by Gasteiger charge is 2.32. The van der Waals surface area contributed by atoms with Gasteiger partial charge < -0.3 is 0 Å². The van der Waals surface area contributed by atoms with Crippen LogP contribution in [0.2, 0.25) is 0 Å². The Morgan fingerprint density at radius 3 is 1.72 bits per heavy atom. The zero-order valence-electron chi connectivity index (χ0n) is 17.3. The number of rotatable bonds is 2. The van der Waals surface area contributed by atoms with E-state index in [0.717, 1.165) is 12.8 Å². The summed E-state index contributed by atoms with van der Waals surface area (Å²) in [5.74, 6) is 0. The van der Waals surface area contributed by atoms with Crippen molar-refractivity contribution in [2.75, 3.05) is 12.5 Å². The summed E-state index contributed by atoms with van der Waals surface area (Å²) < 4.78 is 0. The van der Waals surface area contributed by atoms with Gasteiger partial charge in [0.2, 0.25) is 0 Å². The van der Waals surface area contributed by atoms with Crippen molar-refractivity contribution < 1.29 is 0 Å². The fourth-order valence-corrected chi connectivity index (χ4v) is 6.54. The Kier molecular flexibility index (Phi) is 4.39. The minimum Gasteiger partial charge on any atom is -0.192 e. The summed E-state index contributed by atoms with van der Waals surface area (Å²) in [4.78, 5) is 3.14. The van der Waals surface area contributed by atoms with E-state index in [4.69, 9.17) is 0 Å². The summed E-state index contributed by atoms with van der Waals surface area (Å²) in [6.45, 7) is 13.9. The lowest BCUT2D eigenvalue weighted by Crippen LogP contribution is -2.09. The van der Waals surface area contributed by atoms with Crippen molar-refractivity contribution in [1.29, 1.82) is 0 Å². The molecule has 0 saturated heterocycles. The van der Waals surface area contributed by atoms with Crippen molar-refractivity contribution in [2.45, 2.75) is 64.2 Å². The normalized spacial score (nSPS) is 17.1. The minimum absolute atomic E-state index is 0.328. The van der Waals surface area contributed by atoms with Gasteiger partial charge in [-0.15, -0.1) is 0 Å². The van der Waals surface area contributed by atoms with Gasteiger partial charge in [-0.25, -0.2) is 0 Å². The van der Waals surface area contributed by atoms with E-state index in [1.807, 2.05) is 0 Å². The number of hydrogen-bond donors (Lipinski definition) is 0. The van der Waals surface area contributed by atoms with Gasteiger partial charge in [-0.1, -0.05) is 65.8 Å².